The number of rotatable bonds is 3. The SMILES string of the molecule is OC(Cc1ccc(F)cc1Br)C1CCC(C(F)(F)F)CC1. The fourth-order valence-corrected chi connectivity index (χ4v) is 3.42. The molecule has 0 bridgehead atoms. The Morgan fingerprint density at radius 3 is 2.33 bits per heavy atom. The van der Waals surface area contributed by atoms with Gasteiger partial charge in [-0.1, -0.05) is 22.0 Å². The number of aliphatic hydroxyl groups is 1. The van der Waals surface area contributed by atoms with Crippen LogP contribution in [0.2, 0.25) is 0 Å². The van der Waals surface area contributed by atoms with Gasteiger partial charge >= 0.3 is 6.18 Å². The minimum atomic E-state index is -4.13. The average Bonchev–Trinajstić information content (AvgIpc) is 2.41. The van der Waals surface area contributed by atoms with Crippen molar-refractivity contribution in [3.8, 4) is 0 Å². The molecule has 1 aliphatic rings. The van der Waals surface area contributed by atoms with Crippen LogP contribution < -0.4 is 0 Å². The summed E-state index contributed by atoms with van der Waals surface area (Å²) in [4.78, 5) is 0. The normalized spacial score (nSPS) is 24.9. The van der Waals surface area contributed by atoms with Crippen molar-refractivity contribution in [1.29, 1.82) is 0 Å². The number of halogens is 5. The average molecular weight is 369 g/mol. The molecule has 0 aromatic heterocycles. The second kappa shape index (κ2) is 6.65. The van der Waals surface area contributed by atoms with Gasteiger partial charge in [-0.05, 0) is 55.7 Å². The number of hydrogen-bond acceptors (Lipinski definition) is 1. The topological polar surface area (TPSA) is 20.2 Å². The molecule has 0 heterocycles. The molecule has 118 valence electrons. The van der Waals surface area contributed by atoms with Crippen molar-refractivity contribution in [1.82, 2.24) is 0 Å². The van der Waals surface area contributed by atoms with E-state index in [-0.39, 0.29) is 24.6 Å². The third-order valence-corrected chi connectivity index (χ3v) is 4.96. The quantitative estimate of drug-likeness (QED) is 0.755. The first-order valence-corrected chi connectivity index (χ1v) is 7.75. The Morgan fingerprint density at radius 2 is 1.81 bits per heavy atom. The van der Waals surface area contributed by atoms with Gasteiger partial charge in [-0.25, -0.2) is 4.39 Å². The largest absolute Gasteiger partial charge is 0.392 e. The molecule has 1 aliphatic carbocycles. The van der Waals surface area contributed by atoms with E-state index in [1.807, 2.05) is 0 Å². The molecule has 0 radical (unpaired) electrons. The van der Waals surface area contributed by atoms with Crippen molar-refractivity contribution >= 4 is 15.9 Å². The van der Waals surface area contributed by atoms with Crippen LogP contribution in [0.15, 0.2) is 22.7 Å². The number of alkyl halides is 3. The molecule has 0 saturated heterocycles. The molecular weight excluding hydrogens is 352 g/mol. The molecule has 1 fully saturated rings. The molecule has 0 aliphatic heterocycles. The second-order valence-electron chi connectivity index (χ2n) is 5.66. The van der Waals surface area contributed by atoms with Crippen LogP contribution in [0, 0.1) is 17.7 Å². The van der Waals surface area contributed by atoms with Gasteiger partial charge in [0.2, 0.25) is 0 Å². The van der Waals surface area contributed by atoms with Gasteiger partial charge in [-0.2, -0.15) is 13.2 Å². The van der Waals surface area contributed by atoms with Crippen molar-refractivity contribution in [2.24, 2.45) is 11.8 Å². The van der Waals surface area contributed by atoms with Crippen molar-refractivity contribution in [2.75, 3.05) is 0 Å². The molecule has 1 saturated carbocycles. The summed E-state index contributed by atoms with van der Waals surface area (Å²) in [5.41, 5.74) is 0.766. The van der Waals surface area contributed by atoms with E-state index >= 15 is 0 Å². The second-order valence-corrected chi connectivity index (χ2v) is 6.51. The van der Waals surface area contributed by atoms with Gasteiger partial charge in [0.15, 0.2) is 0 Å². The lowest BCUT2D eigenvalue weighted by Crippen LogP contribution is -2.32. The van der Waals surface area contributed by atoms with Crippen LogP contribution in [-0.2, 0) is 6.42 Å². The molecule has 1 atom stereocenters. The van der Waals surface area contributed by atoms with Gasteiger partial charge in [-0.15, -0.1) is 0 Å². The zero-order chi connectivity index (χ0) is 15.6. The number of benzene rings is 1. The van der Waals surface area contributed by atoms with Crippen LogP contribution >= 0.6 is 15.9 Å². The lowest BCUT2D eigenvalue weighted by atomic mass is 9.78. The Labute approximate surface area is 129 Å². The Morgan fingerprint density at radius 1 is 1.19 bits per heavy atom. The van der Waals surface area contributed by atoms with Crippen LogP contribution in [0.3, 0.4) is 0 Å². The fourth-order valence-electron chi connectivity index (χ4n) is 2.91. The highest BCUT2D eigenvalue weighted by Gasteiger charge is 2.42. The van der Waals surface area contributed by atoms with Crippen LogP contribution in [0.5, 0.6) is 0 Å². The van der Waals surface area contributed by atoms with Crippen LogP contribution in [0.25, 0.3) is 0 Å². The lowest BCUT2D eigenvalue weighted by Gasteiger charge is -2.32. The summed E-state index contributed by atoms with van der Waals surface area (Å²) in [6, 6.07) is 4.22. The highest BCUT2D eigenvalue weighted by molar-refractivity contribution is 9.10. The van der Waals surface area contributed by atoms with Crippen LogP contribution in [0.1, 0.15) is 31.2 Å². The van der Waals surface area contributed by atoms with E-state index in [0.717, 1.165) is 5.56 Å². The van der Waals surface area contributed by atoms with Crippen LogP contribution in [0.4, 0.5) is 17.6 Å². The first kappa shape index (κ1) is 16.7. The molecule has 6 heteroatoms. The molecular formula is C15H17BrF4O. The highest BCUT2D eigenvalue weighted by Crippen LogP contribution is 2.40. The van der Waals surface area contributed by atoms with Gasteiger partial charge in [0, 0.05) is 4.47 Å². The standard InChI is InChI=1S/C15H17BrF4O/c16-13-8-12(17)6-3-10(13)7-14(21)9-1-4-11(5-2-9)15(18,19)20/h3,6,8-9,11,14,21H,1-2,4-5,7H2. The summed E-state index contributed by atoms with van der Waals surface area (Å²) >= 11 is 3.24. The van der Waals surface area contributed by atoms with Crippen LogP contribution in [-0.4, -0.2) is 17.4 Å². The predicted octanol–water partition coefficient (Wildman–Crippen LogP) is 4.86. The minimum absolute atomic E-state index is 0.0792. The summed E-state index contributed by atoms with van der Waals surface area (Å²) in [5.74, 6) is -1.73. The lowest BCUT2D eigenvalue weighted by molar-refractivity contribution is -0.185. The third kappa shape index (κ3) is 4.42. The Kier molecular flexibility index (Phi) is 5.30. The smallest absolute Gasteiger partial charge is 0.391 e. The molecule has 2 rings (SSSR count). The van der Waals surface area contributed by atoms with Gasteiger partial charge in [0.25, 0.3) is 0 Å². The summed E-state index contributed by atoms with van der Waals surface area (Å²) in [5, 5.41) is 10.2. The number of hydrogen-bond donors (Lipinski definition) is 1. The first-order chi connectivity index (χ1) is 9.77. The molecule has 21 heavy (non-hydrogen) atoms. The van der Waals surface area contributed by atoms with Gasteiger partial charge in [0.05, 0.1) is 12.0 Å². The maximum Gasteiger partial charge on any atom is 0.391 e. The summed E-state index contributed by atoms with van der Waals surface area (Å²) in [6.07, 6.45) is -3.58. The van der Waals surface area contributed by atoms with Gasteiger partial charge < -0.3 is 5.11 Å². The van der Waals surface area contributed by atoms with Crippen molar-refractivity contribution in [3.63, 3.8) is 0 Å². The molecule has 1 aromatic rings. The minimum Gasteiger partial charge on any atom is -0.392 e. The Balaban J connectivity index is 1.92. The summed E-state index contributed by atoms with van der Waals surface area (Å²) in [7, 11) is 0. The van der Waals surface area contributed by atoms with E-state index < -0.39 is 18.2 Å². The first-order valence-electron chi connectivity index (χ1n) is 6.96. The molecule has 0 amide bonds. The van der Waals surface area contributed by atoms with Gasteiger partial charge in [-0.3, -0.25) is 0 Å². The van der Waals surface area contributed by atoms with Crippen molar-refractivity contribution < 1.29 is 22.7 Å². The van der Waals surface area contributed by atoms with E-state index in [2.05, 4.69) is 15.9 Å². The monoisotopic (exact) mass is 368 g/mol. The fraction of sp³-hybridized carbons (Fsp3) is 0.600. The van der Waals surface area contributed by atoms with E-state index in [1.165, 1.54) is 12.1 Å². The summed E-state index contributed by atoms with van der Waals surface area (Å²) in [6.45, 7) is 0. The van der Waals surface area contributed by atoms with Crippen molar-refractivity contribution in [2.45, 2.75) is 44.4 Å². The predicted molar refractivity (Wildman–Crippen MR) is 75.3 cm³/mol. The Bertz CT molecular complexity index is 481. The van der Waals surface area contributed by atoms with Gasteiger partial charge in [0.1, 0.15) is 5.82 Å². The molecule has 1 aromatic carbocycles. The number of aliphatic hydroxyl groups excluding tert-OH is 1. The molecule has 1 nitrogen and oxygen atoms in total. The summed E-state index contributed by atoms with van der Waals surface area (Å²) < 4.78 is 51.4. The van der Waals surface area contributed by atoms with E-state index in [9.17, 15) is 22.7 Å². The van der Waals surface area contributed by atoms with E-state index in [1.54, 1.807) is 6.07 Å². The van der Waals surface area contributed by atoms with Crippen molar-refractivity contribution in [3.05, 3.63) is 34.1 Å². The highest BCUT2D eigenvalue weighted by atomic mass is 79.9. The van der Waals surface area contributed by atoms with E-state index in [0.29, 0.717) is 23.7 Å². The van der Waals surface area contributed by atoms with E-state index in [4.69, 9.17) is 0 Å². The molecule has 0 spiro atoms. The maximum absolute atomic E-state index is 13.0. The zero-order valence-corrected chi connectivity index (χ0v) is 12.9. The molecule has 1 N–H and O–H groups in total. The Hall–Kier alpha value is -0.620. The maximum atomic E-state index is 13.0. The molecule has 1 unspecified atom stereocenters. The zero-order valence-electron chi connectivity index (χ0n) is 11.3. The third-order valence-electron chi connectivity index (χ3n) is 4.22.